The van der Waals surface area contributed by atoms with Crippen LogP contribution in [0.5, 0.6) is 0 Å². The molecular weight excluding hydrogens is 348 g/mol. The van der Waals surface area contributed by atoms with E-state index in [-0.39, 0.29) is 11.3 Å². The molecule has 0 N–H and O–H groups in total. The summed E-state index contributed by atoms with van der Waals surface area (Å²) in [5.74, 6) is 0.253. The van der Waals surface area contributed by atoms with E-state index in [1.807, 2.05) is 11.8 Å². The summed E-state index contributed by atoms with van der Waals surface area (Å²) in [6.07, 6.45) is 7.65. The molecule has 28 heavy (non-hydrogen) atoms. The summed E-state index contributed by atoms with van der Waals surface area (Å²) in [6, 6.07) is 8.87. The van der Waals surface area contributed by atoms with E-state index >= 15 is 0 Å². The second kappa shape index (κ2) is 8.00. The van der Waals surface area contributed by atoms with Crippen molar-refractivity contribution in [2.24, 2.45) is 5.41 Å². The molecular formula is C23H30N4O. The average Bonchev–Trinajstić information content (AvgIpc) is 2.69. The van der Waals surface area contributed by atoms with Crippen LogP contribution in [0.25, 0.3) is 0 Å². The fourth-order valence-corrected chi connectivity index (χ4v) is 4.67. The van der Waals surface area contributed by atoms with Crippen molar-refractivity contribution in [2.75, 3.05) is 19.6 Å². The van der Waals surface area contributed by atoms with Gasteiger partial charge in [0.25, 0.3) is 0 Å². The van der Waals surface area contributed by atoms with E-state index in [0.29, 0.717) is 13.0 Å². The van der Waals surface area contributed by atoms with Gasteiger partial charge >= 0.3 is 0 Å². The summed E-state index contributed by atoms with van der Waals surface area (Å²) < 4.78 is 0. The normalized spacial score (nSPS) is 23.4. The Morgan fingerprint density at radius 3 is 2.57 bits per heavy atom. The lowest BCUT2D eigenvalue weighted by molar-refractivity contribution is -0.140. The highest BCUT2D eigenvalue weighted by Crippen LogP contribution is 2.39. The number of carbonyl (C=O) groups is 1. The Balaban J connectivity index is 1.43. The smallest absolute Gasteiger partial charge is 0.222 e. The highest BCUT2D eigenvalue weighted by Gasteiger charge is 2.41. The summed E-state index contributed by atoms with van der Waals surface area (Å²) in [6.45, 7) is 8.70. The zero-order chi connectivity index (χ0) is 19.6. The van der Waals surface area contributed by atoms with Crippen LogP contribution in [-0.2, 0) is 17.9 Å². The van der Waals surface area contributed by atoms with E-state index in [1.54, 1.807) is 12.4 Å². The molecule has 2 aromatic rings. The van der Waals surface area contributed by atoms with Gasteiger partial charge < -0.3 is 4.90 Å². The standard InChI is InChI=1S/C23H30N4O/c1-18-4-6-20(7-5-18)14-26-11-3-9-23(16-26)10-8-22(28)27(17-23)15-21-13-24-19(2)12-25-21/h4-7,12-13H,3,8-11,14-17H2,1-2H3/t23-/m0/s1. The molecule has 1 amide bonds. The molecule has 0 bridgehead atoms. The number of aromatic nitrogens is 2. The third-order valence-corrected chi connectivity index (χ3v) is 6.20. The Hall–Kier alpha value is -2.27. The molecule has 0 unspecified atom stereocenters. The number of likely N-dealkylation sites (tertiary alicyclic amines) is 2. The maximum Gasteiger partial charge on any atom is 0.222 e. The van der Waals surface area contributed by atoms with E-state index in [9.17, 15) is 4.79 Å². The van der Waals surface area contributed by atoms with Crippen molar-refractivity contribution in [2.45, 2.75) is 52.6 Å². The predicted molar refractivity (Wildman–Crippen MR) is 110 cm³/mol. The number of aryl methyl sites for hydroxylation is 2. The predicted octanol–water partition coefficient (Wildman–Crippen LogP) is 3.50. The third kappa shape index (κ3) is 4.41. The van der Waals surface area contributed by atoms with Crippen LogP contribution in [0.1, 0.15) is 48.2 Å². The summed E-state index contributed by atoms with van der Waals surface area (Å²) in [5, 5.41) is 0. The van der Waals surface area contributed by atoms with Crippen molar-refractivity contribution in [1.29, 1.82) is 0 Å². The quantitative estimate of drug-likeness (QED) is 0.817. The Morgan fingerprint density at radius 2 is 1.82 bits per heavy atom. The van der Waals surface area contributed by atoms with Crippen LogP contribution in [0.15, 0.2) is 36.7 Å². The second-order valence-electron chi connectivity index (χ2n) is 8.70. The first-order valence-electron chi connectivity index (χ1n) is 10.3. The van der Waals surface area contributed by atoms with Gasteiger partial charge in [-0.15, -0.1) is 0 Å². The van der Waals surface area contributed by atoms with E-state index in [1.165, 1.54) is 24.0 Å². The first-order valence-corrected chi connectivity index (χ1v) is 10.3. The molecule has 3 heterocycles. The molecule has 2 aliphatic heterocycles. The van der Waals surface area contributed by atoms with E-state index in [2.05, 4.69) is 46.1 Å². The fraction of sp³-hybridized carbons (Fsp3) is 0.522. The van der Waals surface area contributed by atoms with Gasteiger partial charge in [-0.05, 0) is 45.2 Å². The number of hydrogen-bond donors (Lipinski definition) is 0. The SMILES string of the molecule is Cc1ccc(CN2CCC[C@]3(CCC(=O)N(Cc4cnc(C)cn4)C3)C2)cc1. The van der Waals surface area contributed by atoms with Crippen molar-refractivity contribution in [3.8, 4) is 0 Å². The fourth-order valence-electron chi connectivity index (χ4n) is 4.67. The zero-order valence-electron chi connectivity index (χ0n) is 17.0. The van der Waals surface area contributed by atoms with Crippen LogP contribution in [0.4, 0.5) is 0 Å². The van der Waals surface area contributed by atoms with Crippen LogP contribution < -0.4 is 0 Å². The minimum atomic E-state index is 0.217. The van der Waals surface area contributed by atoms with Gasteiger partial charge in [0, 0.05) is 37.7 Å². The first-order chi connectivity index (χ1) is 13.5. The number of rotatable bonds is 4. The van der Waals surface area contributed by atoms with E-state index in [0.717, 1.165) is 44.0 Å². The van der Waals surface area contributed by atoms with E-state index < -0.39 is 0 Å². The number of carbonyl (C=O) groups excluding carboxylic acids is 1. The van der Waals surface area contributed by atoms with Gasteiger partial charge in [-0.2, -0.15) is 0 Å². The molecule has 5 nitrogen and oxygen atoms in total. The first kappa shape index (κ1) is 19.1. The molecule has 5 heteroatoms. The Labute approximate surface area is 167 Å². The molecule has 0 saturated carbocycles. The van der Waals surface area contributed by atoms with Crippen molar-refractivity contribution in [1.82, 2.24) is 19.8 Å². The van der Waals surface area contributed by atoms with Gasteiger partial charge in [-0.25, -0.2) is 0 Å². The molecule has 0 aliphatic carbocycles. The third-order valence-electron chi connectivity index (χ3n) is 6.20. The Kier molecular flexibility index (Phi) is 5.44. The number of amides is 1. The molecule has 0 radical (unpaired) electrons. The summed E-state index contributed by atoms with van der Waals surface area (Å²) >= 11 is 0. The molecule has 1 atom stereocenters. The summed E-state index contributed by atoms with van der Waals surface area (Å²) in [4.78, 5) is 25.9. The Bertz CT molecular complexity index is 818. The number of benzene rings is 1. The molecule has 148 valence electrons. The number of piperidine rings is 2. The number of nitrogens with zero attached hydrogens (tertiary/aromatic N) is 4. The van der Waals surface area contributed by atoms with Gasteiger partial charge in [0.05, 0.1) is 24.1 Å². The van der Waals surface area contributed by atoms with Crippen molar-refractivity contribution >= 4 is 5.91 Å². The van der Waals surface area contributed by atoms with Crippen LogP contribution in [-0.4, -0.2) is 45.3 Å². The van der Waals surface area contributed by atoms with Crippen LogP contribution in [0.2, 0.25) is 0 Å². The van der Waals surface area contributed by atoms with Crippen molar-refractivity contribution in [3.63, 3.8) is 0 Å². The minimum Gasteiger partial charge on any atom is -0.336 e. The molecule has 1 aromatic heterocycles. The van der Waals surface area contributed by atoms with Gasteiger partial charge in [0.1, 0.15) is 0 Å². The molecule has 2 saturated heterocycles. The van der Waals surface area contributed by atoms with Gasteiger partial charge in [-0.3, -0.25) is 19.7 Å². The van der Waals surface area contributed by atoms with Crippen LogP contribution in [0.3, 0.4) is 0 Å². The maximum absolute atomic E-state index is 12.6. The second-order valence-corrected chi connectivity index (χ2v) is 8.70. The molecule has 4 rings (SSSR count). The molecule has 2 aliphatic rings. The van der Waals surface area contributed by atoms with Crippen LogP contribution >= 0.6 is 0 Å². The van der Waals surface area contributed by atoms with Gasteiger partial charge in [0.15, 0.2) is 0 Å². The maximum atomic E-state index is 12.6. The van der Waals surface area contributed by atoms with Gasteiger partial charge in [-0.1, -0.05) is 29.8 Å². The molecule has 1 spiro atoms. The van der Waals surface area contributed by atoms with Gasteiger partial charge in [0.2, 0.25) is 5.91 Å². The summed E-state index contributed by atoms with van der Waals surface area (Å²) in [5.41, 5.74) is 4.68. The number of hydrogen-bond acceptors (Lipinski definition) is 4. The monoisotopic (exact) mass is 378 g/mol. The average molecular weight is 379 g/mol. The zero-order valence-corrected chi connectivity index (χ0v) is 17.0. The molecule has 1 aromatic carbocycles. The van der Waals surface area contributed by atoms with E-state index in [4.69, 9.17) is 0 Å². The topological polar surface area (TPSA) is 49.3 Å². The highest BCUT2D eigenvalue weighted by atomic mass is 16.2. The summed E-state index contributed by atoms with van der Waals surface area (Å²) in [7, 11) is 0. The largest absolute Gasteiger partial charge is 0.336 e. The van der Waals surface area contributed by atoms with Crippen molar-refractivity contribution in [3.05, 3.63) is 59.2 Å². The minimum absolute atomic E-state index is 0.217. The lowest BCUT2D eigenvalue weighted by Crippen LogP contribution is -2.53. The lowest BCUT2D eigenvalue weighted by Gasteiger charge is -2.48. The molecule has 2 fully saturated rings. The van der Waals surface area contributed by atoms with Crippen LogP contribution in [0, 0.1) is 19.3 Å². The lowest BCUT2D eigenvalue weighted by atomic mass is 9.73. The Morgan fingerprint density at radius 1 is 1.00 bits per heavy atom. The van der Waals surface area contributed by atoms with Crippen molar-refractivity contribution < 1.29 is 4.79 Å². The highest BCUT2D eigenvalue weighted by molar-refractivity contribution is 5.77.